The molecule has 0 aromatic heterocycles. The molecule has 1 aliphatic heterocycles. The Morgan fingerprint density at radius 1 is 1.55 bits per heavy atom. The number of halogens is 2. The predicted molar refractivity (Wildman–Crippen MR) is 39.9 cm³/mol. The fourth-order valence-electron chi connectivity index (χ4n) is 1.52. The second-order valence-corrected chi connectivity index (χ2v) is 3.19. The normalized spacial score (nSPS) is 33.5. The fourth-order valence-corrected chi connectivity index (χ4v) is 1.52. The summed E-state index contributed by atoms with van der Waals surface area (Å²) in [6.07, 6.45) is -1.73. The van der Waals surface area contributed by atoms with Gasteiger partial charge in [-0.1, -0.05) is 0 Å². The van der Waals surface area contributed by atoms with Crippen molar-refractivity contribution in [1.82, 2.24) is 10.2 Å². The lowest BCUT2D eigenvalue weighted by molar-refractivity contribution is 0.0406. The lowest BCUT2D eigenvalue weighted by Gasteiger charge is -2.27. The Morgan fingerprint density at radius 2 is 2.18 bits per heavy atom. The molecule has 11 heavy (non-hydrogen) atoms. The second-order valence-electron chi connectivity index (χ2n) is 3.19. The highest BCUT2D eigenvalue weighted by Gasteiger charge is 2.43. The Balaban J connectivity index is 2.62. The van der Waals surface area contributed by atoms with E-state index in [2.05, 4.69) is 5.32 Å². The summed E-state index contributed by atoms with van der Waals surface area (Å²) in [4.78, 5) is 1.92. The largest absolute Gasteiger partial charge is 0.308 e. The van der Waals surface area contributed by atoms with Crippen molar-refractivity contribution in [2.75, 3.05) is 27.2 Å². The summed E-state index contributed by atoms with van der Waals surface area (Å²) in [7, 11) is 3.47. The van der Waals surface area contributed by atoms with Gasteiger partial charge in [0.15, 0.2) is 0 Å². The van der Waals surface area contributed by atoms with Gasteiger partial charge in [-0.05, 0) is 27.1 Å². The molecule has 1 aliphatic rings. The number of likely N-dealkylation sites (N-methyl/N-ethyl adjacent to an activating group) is 2. The van der Waals surface area contributed by atoms with E-state index in [0.29, 0.717) is 13.0 Å². The Hall–Kier alpha value is -0.220. The molecule has 4 heteroatoms. The summed E-state index contributed by atoms with van der Waals surface area (Å²) < 4.78 is 25.0. The standard InChI is InChI=1S/C7H14F2N2/c1-10-7(6(8)9)3-4-11(2)5-7/h6,10H,3-5H2,1-2H3. The molecule has 1 N–H and O–H groups in total. The summed E-state index contributed by atoms with van der Waals surface area (Å²) in [6.45, 7) is 1.20. The average Bonchev–Trinajstić information content (AvgIpc) is 2.33. The molecule has 1 rings (SSSR count). The van der Waals surface area contributed by atoms with E-state index in [9.17, 15) is 8.78 Å². The van der Waals surface area contributed by atoms with Gasteiger partial charge in [-0.3, -0.25) is 0 Å². The van der Waals surface area contributed by atoms with Crippen LogP contribution in [0.2, 0.25) is 0 Å². The van der Waals surface area contributed by atoms with Crippen molar-refractivity contribution < 1.29 is 8.78 Å². The maximum Gasteiger partial charge on any atom is 0.257 e. The maximum atomic E-state index is 12.5. The monoisotopic (exact) mass is 164 g/mol. The number of alkyl halides is 2. The number of hydrogen-bond donors (Lipinski definition) is 1. The zero-order chi connectivity index (χ0) is 8.48. The molecule has 1 fully saturated rings. The second kappa shape index (κ2) is 3.03. The topological polar surface area (TPSA) is 15.3 Å². The highest BCUT2D eigenvalue weighted by Crippen LogP contribution is 2.26. The third kappa shape index (κ3) is 1.51. The number of nitrogens with zero attached hydrogens (tertiary/aromatic N) is 1. The van der Waals surface area contributed by atoms with Crippen LogP contribution in [0, 0.1) is 0 Å². The van der Waals surface area contributed by atoms with Crippen LogP contribution in [0.3, 0.4) is 0 Å². The molecule has 2 nitrogen and oxygen atoms in total. The third-order valence-corrected chi connectivity index (χ3v) is 2.41. The molecular weight excluding hydrogens is 150 g/mol. The first kappa shape index (κ1) is 8.87. The summed E-state index contributed by atoms with van der Waals surface area (Å²) in [5.41, 5.74) is -0.950. The molecule has 0 spiro atoms. The number of likely N-dealkylation sites (tertiary alicyclic amines) is 1. The highest BCUT2D eigenvalue weighted by atomic mass is 19.3. The first-order chi connectivity index (χ1) is 5.10. The minimum absolute atomic E-state index is 0.446. The minimum Gasteiger partial charge on any atom is -0.308 e. The molecule has 1 heterocycles. The molecular formula is C7H14F2N2. The zero-order valence-electron chi connectivity index (χ0n) is 6.90. The number of nitrogens with one attached hydrogen (secondary N) is 1. The maximum absolute atomic E-state index is 12.5. The van der Waals surface area contributed by atoms with Gasteiger partial charge in [-0.15, -0.1) is 0 Å². The van der Waals surface area contributed by atoms with E-state index in [0.717, 1.165) is 6.54 Å². The fraction of sp³-hybridized carbons (Fsp3) is 1.00. The van der Waals surface area contributed by atoms with Crippen LogP contribution in [0.5, 0.6) is 0 Å². The molecule has 1 saturated heterocycles. The molecule has 66 valence electrons. The molecule has 0 bridgehead atoms. The van der Waals surface area contributed by atoms with Crippen LogP contribution in [0.25, 0.3) is 0 Å². The van der Waals surface area contributed by atoms with Crippen molar-refractivity contribution >= 4 is 0 Å². The van der Waals surface area contributed by atoms with Gasteiger partial charge in [0, 0.05) is 6.54 Å². The molecule has 0 aromatic rings. The van der Waals surface area contributed by atoms with E-state index in [-0.39, 0.29) is 0 Å². The Morgan fingerprint density at radius 3 is 2.36 bits per heavy atom. The van der Waals surface area contributed by atoms with E-state index in [1.54, 1.807) is 7.05 Å². The Kier molecular flexibility index (Phi) is 2.44. The summed E-state index contributed by atoms with van der Waals surface area (Å²) >= 11 is 0. The molecule has 0 aliphatic carbocycles. The van der Waals surface area contributed by atoms with Gasteiger partial charge in [0.2, 0.25) is 0 Å². The molecule has 1 unspecified atom stereocenters. The van der Waals surface area contributed by atoms with Crippen LogP contribution in [0.4, 0.5) is 8.78 Å². The van der Waals surface area contributed by atoms with Crippen LogP contribution in [0.1, 0.15) is 6.42 Å². The lowest BCUT2D eigenvalue weighted by Crippen LogP contribution is -2.51. The smallest absolute Gasteiger partial charge is 0.257 e. The van der Waals surface area contributed by atoms with Crippen molar-refractivity contribution in [2.45, 2.75) is 18.4 Å². The molecule has 1 atom stereocenters. The van der Waals surface area contributed by atoms with E-state index in [1.165, 1.54) is 0 Å². The molecule has 0 aromatic carbocycles. The number of rotatable bonds is 2. The van der Waals surface area contributed by atoms with Gasteiger partial charge >= 0.3 is 0 Å². The van der Waals surface area contributed by atoms with Crippen LogP contribution in [-0.2, 0) is 0 Å². The summed E-state index contributed by atoms with van der Waals surface area (Å²) in [5.74, 6) is 0. The number of hydrogen-bond acceptors (Lipinski definition) is 2. The first-order valence-electron chi connectivity index (χ1n) is 3.76. The van der Waals surface area contributed by atoms with Gasteiger partial charge in [-0.25, -0.2) is 8.78 Å². The van der Waals surface area contributed by atoms with Crippen LogP contribution < -0.4 is 5.32 Å². The van der Waals surface area contributed by atoms with Gasteiger partial charge in [0.25, 0.3) is 6.43 Å². The Bertz CT molecular complexity index is 140. The van der Waals surface area contributed by atoms with Gasteiger partial charge in [-0.2, -0.15) is 0 Å². The quantitative estimate of drug-likeness (QED) is 0.641. The highest BCUT2D eigenvalue weighted by molar-refractivity contribution is 4.97. The van der Waals surface area contributed by atoms with Crippen molar-refractivity contribution in [3.8, 4) is 0 Å². The van der Waals surface area contributed by atoms with E-state index < -0.39 is 12.0 Å². The summed E-state index contributed by atoms with van der Waals surface area (Å²) in [6, 6.07) is 0. The van der Waals surface area contributed by atoms with E-state index in [4.69, 9.17) is 0 Å². The molecule has 0 radical (unpaired) electrons. The Labute approximate surface area is 65.6 Å². The van der Waals surface area contributed by atoms with Gasteiger partial charge in [0.05, 0.1) is 5.54 Å². The van der Waals surface area contributed by atoms with E-state index in [1.807, 2.05) is 11.9 Å². The summed E-state index contributed by atoms with van der Waals surface area (Å²) in [5, 5.41) is 2.72. The minimum atomic E-state index is -2.27. The lowest BCUT2D eigenvalue weighted by atomic mass is 10.00. The zero-order valence-corrected chi connectivity index (χ0v) is 6.90. The third-order valence-electron chi connectivity index (χ3n) is 2.41. The SMILES string of the molecule is CNC1(C(F)F)CCN(C)C1. The van der Waals surface area contributed by atoms with E-state index >= 15 is 0 Å². The van der Waals surface area contributed by atoms with Crippen molar-refractivity contribution in [3.05, 3.63) is 0 Å². The van der Waals surface area contributed by atoms with Crippen LogP contribution >= 0.6 is 0 Å². The van der Waals surface area contributed by atoms with Crippen molar-refractivity contribution in [2.24, 2.45) is 0 Å². The van der Waals surface area contributed by atoms with Crippen molar-refractivity contribution in [1.29, 1.82) is 0 Å². The first-order valence-corrected chi connectivity index (χ1v) is 3.76. The van der Waals surface area contributed by atoms with Gasteiger partial charge in [0.1, 0.15) is 0 Å². The van der Waals surface area contributed by atoms with Gasteiger partial charge < -0.3 is 10.2 Å². The van der Waals surface area contributed by atoms with Crippen molar-refractivity contribution in [3.63, 3.8) is 0 Å². The average molecular weight is 164 g/mol. The predicted octanol–water partition coefficient (Wildman–Crippen LogP) is 0.545. The molecule has 0 amide bonds. The molecule has 0 saturated carbocycles. The van der Waals surface area contributed by atoms with Crippen LogP contribution in [-0.4, -0.2) is 44.0 Å². The van der Waals surface area contributed by atoms with Crippen LogP contribution in [0.15, 0.2) is 0 Å².